The molecule has 0 saturated heterocycles. The third kappa shape index (κ3) is 5.09. The Morgan fingerprint density at radius 1 is 0.875 bits per heavy atom. The first-order valence-electron chi connectivity index (χ1n) is 11.0. The van der Waals surface area contributed by atoms with Crippen LogP contribution in [0, 0.1) is 5.92 Å². The van der Waals surface area contributed by atoms with Crippen LogP contribution in [0.3, 0.4) is 0 Å². The van der Waals surface area contributed by atoms with Crippen LogP contribution in [0.4, 0.5) is 0 Å². The Balaban J connectivity index is 2.76. The molecule has 2 aliphatic rings. The lowest BCUT2D eigenvalue weighted by Gasteiger charge is -2.39. The summed E-state index contributed by atoms with van der Waals surface area (Å²) in [5, 5.41) is 17.3. The summed E-state index contributed by atoms with van der Waals surface area (Å²) in [4.78, 5) is 26.8. The van der Waals surface area contributed by atoms with E-state index in [0.717, 1.165) is 5.06 Å². The highest BCUT2D eigenvalue weighted by Gasteiger charge is 2.53. The molecule has 0 aromatic heterocycles. The van der Waals surface area contributed by atoms with Gasteiger partial charge in [-0.15, -0.1) is 10.3 Å². The van der Waals surface area contributed by atoms with Crippen molar-refractivity contribution in [2.75, 3.05) is 0 Å². The second kappa shape index (κ2) is 8.03. The van der Waals surface area contributed by atoms with E-state index in [-0.39, 0.29) is 0 Å². The van der Waals surface area contributed by atoms with Crippen molar-refractivity contribution < 1.29 is 24.3 Å². The molecule has 7 nitrogen and oxygen atoms in total. The smallest absolute Gasteiger partial charge is 0.337 e. The minimum Gasteiger partial charge on any atom is -0.457 e. The fraction of sp³-hybridized carbons (Fsp3) is 0.680. The molecule has 1 N–H and O–H groups in total. The molecular weight excluding hydrogens is 408 g/mol. The van der Waals surface area contributed by atoms with Crippen LogP contribution >= 0.6 is 0 Å². The zero-order valence-electron chi connectivity index (χ0n) is 21.6. The highest BCUT2D eigenvalue weighted by molar-refractivity contribution is 5.99. The quantitative estimate of drug-likeness (QED) is 0.503. The van der Waals surface area contributed by atoms with E-state index in [1.54, 1.807) is 55.4 Å². The molecule has 0 amide bonds. The fourth-order valence-electron chi connectivity index (χ4n) is 4.40. The molecule has 1 radical (unpaired) electrons. The van der Waals surface area contributed by atoms with Crippen LogP contribution < -0.4 is 5.32 Å². The molecule has 0 atom stereocenters. The van der Waals surface area contributed by atoms with Gasteiger partial charge in [-0.3, -0.25) is 0 Å². The van der Waals surface area contributed by atoms with Gasteiger partial charge in [0, 0.05) is 17.3 Å². The fourth-order valence-corrected chi connectivity index (χ4v) is 4.40. The Hall–Kier alpha value is -2.12. The number of esters is 2. The Labute approximate surface area is 192 Å². The molecule has 0 unspecified atom stereocenters. The minimum atomic E-state index is -0.952. The zero-order chi connectivity index (χ0) is 25.0. The lowest BCUT2D eigenvalue weighted by Crippen LogP contribution is -2.49. The minimum absolute atomic E-state index is 0.316. The number of allylic oxidation sites excluding steroid dienone is 2. The number of dihydropyridines is 1. The van der Waals surface area contributed by atoms with E-state index in [2.05, 4.69) is 5.32 Å². The van der Waals surface area contributed by atoms with Crippen LogP contribution in [-0.4, -0.2) is 39.3 Å². The van der Waals surface area contributed by atoms with Gasteiger partial charge < -0.3 is 14.8 Å². The van der Waals surface area contributed by atoms with Crippen LogP contribution in [-0.2, 0) is 24.3 Å². The SMILES string of the molecule is CC1=C(C(=O)OC(C)(C)C)C(C2=CC(C)(C)N([O])C2(C)C)C(C(=O)OC(C)(C)C)=C(C)N1. The number of hydrogen-bond donors (Lipinski definition) is 1. The predicted octanol–water partition coefficient (Wildman–Crippen LogP) is 4.58. The Morgan fingerprint density at radius 2 is 1.25 bits per heavy atom. The van der Waals surface area contributed by atoms with E-state index in [4.69, 9.17) is 9.47 Å². The summed E-state index contributed by atoms with van der Waals surface area (Å²) in [7, 11) is 0. The number of carbonyl (C=O) groups excluding carboxylic acids is 2. The number of nitrogens with zero attached hydrogens (tertiary/aromatic N) is 1. The maximum Gasteiger partial charge on any atom is 0.337 e. The third-order valence-corrected chi connectivity index (χ3v) is 5.56. The Kier molecular flexibility index (Phi) is 6.56. The normalized spacial score (nSPS) is 22.0. The van der Waals surface area contributed by atoms with Crippen LogP contribution in [0.2, 0.25) is 0 Å². The average Bonchev–Trinajstić information content (AvgIpc) is 2.70. The van der Waals surface area contributed by atoms with Crippen molar-refractivity contribution in [2.45, 2.75) is 105 Å². The number of ether oxygens (including phenoxy) is 2. The molecule has 0 aliphatic carbocycles. The molecular formula is C25H39N2O5. The van der Waals surface area contributed by atoms with Crippen LogP contribution in [0.5, 0.6) is 0 Å². The summed E-state index contributed by atoms with van der Waals surface area (Å²) in [5.74, 6) is -1.82. The van der Waals surface area contributed by atoms with Gasteiger partial charge in [0.25, 0.3) is 0 Å². The van der Waals surface area contributed by atoms with Gasteiger partial charge >= 0.3 is 11.9 Å². The first-order valence-corrected chi connectivity index (χ1v) is 11.0. The topological polar surface area (TPSA) is 87.8 Å². The molecule has 2 rings (SSSR count). The number of hydrogen-bond acceptors (Lipinski definition) is 6. The van der Waals surface area contributed by atoms with Gasteiger partial charge in [-0.1, -0.05) is 6.08 Å². The molecule has 2 aliphatic heterocycles. The summed E-state index contributed by atoms with van der Waals surface area (Å²) >= 11 is 0. The van der Waals surface area contributed by atoms with E-state index in [9.17, 15) is 14.8 Å². The van der Waals surface area contributed by atoms with Gasteiger partial charge in [-0.2, -0.15) is 0 Å². The van der Waals surface area contributed by atoms with Crippen molar-refractivity contribution in [3.05, 3.63) is 34.2 Å². The van der Waals surface area contributed by atoms with Gasteiger partial charge in [0.1, 0.15) is 11.2 Å². The number of rotatable bonds is 3. The van der Waals surface area contributed by atoms with E-state index in [0.29, 0.717) is 28.1 Å². The van der Waals surface area contributed by atoms with Crippen LogP contribution in [0.15, 0.2) is 34.2 Å². The standard InChI is InChI=1S/C25H39N2O5/c1-14-17(20(28)31-22(3,4)5)19(16-13-24(9,10)27(30)25(16,11)12)18(15(2)26-14)21(29)32-23(6,7)8/h13,19,26H,1-12H3. The Bertz CT molecular complexity index is 858. The molecule has 179 valence electrons. The lowest BCUT2D eigenvalue weighted by molar-refractivity contribution is -0.239. The van der Waals surface area contributed by atoms with E-state index < -0.39 is 40.1 Å². The Morgan fingerprint density at radius 3 is 1.53 bits per heavy atom. The average molecular weight is 448 g/mol. The predicted molar refractivity (Wildman–Crippen MR) is 122 cm³/mol. The maximum absolute atomic E-state index is 13.4. The maximum atomic E-state index is 13.4. The number of hydroxylamine groups is 2. The lowest BCUT2D eigenvalue weighted by atomic mass is 9.74. The second-order valence-electron chi connectivity index (χ2n) is 11.7. The largest absolute Gasteiger partial charge is 0.457 e. The van der Waals surface area contributed by atoms with Crippen molar-refractivity contribution in [3.8, 4) is 0 Å². The number of carbonyl (C=O) groups is 2. The first-order chi connectivity index (χ1) is 14.2. The highest BCUT2D eigenvalue weighted by atomic mass is 16.6. The van der Waals surface area contributed by atoms with Crippen LogP contribution in [0.1, 0.15) is 83.1 Å². The van der Waals surface area contributed by atoms with Gasteiger partial charge in [0.2, 0.25) is 0 Å². The molecule has 0 spiro atoms. The zero-order valence-corrected chi connectivity index (χ0v) is 21.6. The molecule has 0 fully saturated rings. The van der Waals surface area contributed by atoms with Gasteiger partial charge in [-0.05, 0) is 88.7 Å². The third-order valence-electron chi connectivity index (χ3n) is 5.56. The van der Waals surface area contributed by atoms with Crippen molar-refractivity contribution in [2.24, 2.45) is 5.92 Å². The number of nitrogens with one attached hydrogen (secondary N) is 1. The second-order valence-corrected chi connectivity index (χ2v) is 11.7. The van der Waals surface area contributed by atoms with E-state index >= 15 is 0 Å². The summed E-state index contributed by atoms with van der Waals surface area (Å²) in [6.45, 7) is 21.6. The first kappa shape index (κ1) is 26.1. The van der Waals surface area contributed by atoms with Crippen molar-refractivity contribution in [1.82, 2.24) is 10.4 Å². The van der Waals surface area contributed by atoms with Crippen molar-refractivity contribution in [3.63, 3.8) is 0 Å². The van der Waals surface area contributed by atoms with E-state index in [1.807, 2.05) is 33.8 Å². The van der Waals surface area contributed by atoms with Gasteiger partial charge in [-0.25, -0.2) is 9.59 Å². The summed E-state index contributed by atoms with van der Waals surface area (Å²) in [6, 6.07) is 0. The van der Waals surface area contributed by atoms with Crippen LogP contribution in [0.25, 0.3) is 0 Å². The molecule has 32 heavy (non-hydrogen) atoms. The highest BCUT2D eigenvalue weighted by Crippen LogP contribution is 2.48. The summed E-state index contributed by atoms with van der Waals surface area (Å²) in [5.41, 5.74) is -0.703. The summed E-state index contributed by atoms with van der Waals surface area (Å²) in [6.07, 6.45) is 1.87. The van der Waals surface area contributed by atoms with E-state index in [1.165, 1.54) is 0 Å². The van der Waals surface area contributed by atoms with Gasteiger partial charge in [0.15, 0.2) is 0 Å². The molecule has 0 saturated carbocycles. The molecule has 2 heterocycles. The molecule has 0 bridgehead atoms. The van der Waals surface area contributed by atoms with Crippen molar-refractivity contribution >= 4 is 11.9 Å². The van der Waals surface area contributed by atoms with Crippen molar-refractivity contribution in [1.29, 1.82) is 0 Å². The molecule has 0 aromatic carbocycles. The summed E-state index contributed by atoms with van der Waals surface area (Å²) < 4.78 is 11.4. The van der Waals surface area contributed by atoms with Gasteiger partial charge in [0.05, 0.1) is 22.2 Å². The monoisotopic (exact) mass is 447 g/mol. The molecule has 0 aromatic rings. The molecule has 7 heteroatoms.